The molecule has 0 aliphatic carbocycles. The van der Waals surface area contributed by atoms with Crippen LogP contribution in [0.5, 0.6) is 0 Å². The first-order chi connectivity index (χ1) is 14.2. The fraction of sp³-hybridized carbons (Fsp3) is 0.118. The van der Waals surface area contributed by atoms with Crippen molar-refractivity contribution in [3.05, 3.63) is 58.1 Å². The molecule has 3 aromatic rings. The van der Waals surface area contributed by atoms with Crippen LogP contribution in [0.4, 0.5) is 10.8 Å². The van der Waals surface area contributed by atoms with Gasteiger partial charge in [0.15, 0.2) is 11.7 Å². The summed E-state index contributed by atoms with van der Waals surface area (Å²) in [4.78, 5) is 38.5. The van der Waals surface area contributed by atoms with Crippen LogP contribution in [0.1, 0.15) is 10.4 Å². The van der Waals surface area contributed by atoms with Gasteiger partial charge in [0.25, 0.3) is 11.6 Å². The zero-order chi connectivity index (χ0) is 21.9. The van der Waals surface area contributed by atoms with Gasteiger partial charge in [0.05, 0.1) is 25.6 Å². The number of rotatable bonds is 7. The first kappa shape index (κ1) is 21.3. The van der Waals surface area contributed by atoms with Crippen LogP contribution in [0.3, 0.4) is 0 Å². The van der Waals surface area contributed by atoms with Crippen LogP contribution in [0.15, 0.2) is 47.4 Å². The average molecular weight is 450 g/mol. The first-order valence-electron chi connectivity index (χ1n) is 8.25. The predicted octanol–water partition coefficient (Wildman–Crippen LogP) is 1.91. The number of fused-ring (bicyclic) bond motifs is 1. The molecule has 30 heavy (non-hydrogen) atoms. The number of aromatic nitrogens is 1. The Morgan fingerprint density at radius 3 is 2.70 bits per heavy atom. The van der Waals surface area contributed by atoms with Gasteiger partial charge in [-0.25, -0.2) is 22.9 Å². The fourth-order valence-electron chi connectivity index (χ4n) is 2.36. The van der Waals surface area contributed by atoms with Crippen molar-refractivity contribution < 1.29 is 27.7 Å². The van der Waals surface area contributed by atoms with E-state index in [1.54, 1.807) is 0 Å². The molecule has 0 bridgehead atoms. The predicted molar refractivity (Wildman–Crippen MR) is 108 cm³/mol. The number of nitrogens with zero attached hydrogens (tertiary/aromatic N) is 2. The number of nitro benzene ring substituents is 1. The molecule has 2 aromatic carbocycles. The van der Waals surface area contributed by atoms with Crippen LogP contribution in [0.25, 0.3) is 10.2 Å². The number of benzene rings is 2. The number of nitro groups is 1. The normalized spacial score (nSPS) is 11.2. The number of ether oxygens (including phenoxy) is 1. The third-order valence-corrected chi connectivity index (χ3v) is 6.16. The van der Waals surface area contributed by atoms with E-state index in [9.17, 15) is 28.1 Å². The van der Waals surface area contributed by atoms with Crippen LogP contribution in [-0.2, 0) is 19.6 Å². The number of sulfonamides is 1. The van der Waals surface area contributed by atoms with Crippen LogP contribution in [-0.4, -0.2) is 43.9 Å². The van der Waals surface area contributed by atoms with Crippen LogP contribution in [0.2, 0.25) is 0 Å². The minimum Gasteiger partial charge on any atom is -0.452 e. The molecule has 0 atom stereocenters. The average Bonchev–Trinajstić information content (AvgIpc) is 3.13. The molecule has 0 aliphatic heterocycles. The second-order valence-electron chi connectivity index (χ2n) is 5.79. The van der Waals surface area contributed by atoms with E-state index in [4.69, 9.17) is 4.74 Å². The number of esters is 1. The number of anilines is 1. The van der Waals surface area contributed by atoms with Gasteiger partial charge < -0.3 is 4.74 Å². The minimum absolute atomic E-state index is 0.0357. The summed E-state index contributed by atoms with van der Waals surface area (Å²) >= 11 is 1.03. The van der Waals surface area contributed by atoms with Gasteiger partial charge in [-0.1, -0.05) is 17.4 Å². The van der Waals surface area contributed by atoms with Gasteiger partial charge in [-0.15, -0.1) is 0 Å². The van der Waals surface area contributed by atoms with Gasteiger partial charge in [-0.05, 0) is 31.3 Å². The highest BCUT2D eigenvalue weighted by Crippen LogP contribution is 2.29. The molecular formula is C17H14N4O7S2. The number of thiazole rings is 1. The molecule has 0 saturated heterocycles. The van der Waals surface area contributed by atoms with Gasteiger partial charge in [-0.3, -0.25) is 20.2 Å². The lowest BCUT2D eigenvalue weighted by Crippen LogP contribution is -2.21. The Bertz CT molecular complexity index is 1250. The summed E-state index contributed by atoms with van der Waals surface area (Å²) in [5.41, 5.74) is 0.340. The third kappa shape index (κ3) is 4.76. The molecule has 1 heterocycles. The SMILES string of the molecule is CNS(=O)(=O)c1cccc(C(=O)OCC(=O)Nc2nc3ccc([N+](=O)[O-])cc3s2)c1. The van der Waals surface area contributed by atoms with E-state index >= 15 is 0 Å². The van der Waals surface area contributed by atoms with Gasteiger partial charge in [0.1, 0.15) is 0 Å². The van der Waals surface area contributed by atoms with Crippen molar-refractivity contribution in [2.24, 2.45) is 0 Å². The summed E-state index contributed by atoms with van der Waals surface area (Å²) in [6.45, 7) is -0.627. The molecule has 0 fully saturated rings. The number of hydrogen-bond donors (Lipinski definition) is 2. The van der Waals surface area contributed by atoms with Crippen molar-refractivity contribution in [2.45, 2.75) is 4.90 Å². The Kier molecular flexibility index (Phi) is 6.05. The Balaban J connectivity index is 1.63. The largest absolute Gasteiger partial charge is 0.452 e. The number of hydrogen-bond acceptors (Lipinski definition) is 9. The van der Waals surface area contributed by atoms with Gasteiger partial charge in [-0.2, -0.15) is 0 Å². The first-order valence-corrected chi connectivity index (χ1v) is 10.5. The van der Waals surface area contributed by atoms with E-state index in [2.05, 4.69) is 15.0 Å². The van der Waals surface area contributed by atoms with Crippen molar-refractivity contribution in [1.29, 1.82) is 0 Å². The van der Waals surface area contributed by atoms with E-state index < -0.39 is 33.4 Å². The van der Waals surface area contributed by atoms with Crippen molar-refractivity contribution in [2.75, 3.05) is 19.0 Å². The Labute approximate surface area is 173 Å². The van der Waals surface area contributed by atoms with E-state index in [1.807, 2.05) is 0 Å². The monoisotopic (exact) mass is 450 g/mol. The summed E-state index contributed by atoms with van der Waals surface area (Å²) in [5.74, 6) is -1.55. The lowest BCUT2D eigenvalue weighted by molar-refractivity contribution is -0.384. The smallest absolute Gasteiger partial charge is 0.338 e. The Hall–Kier alpha value is -3.42. The van der Waals surface area contributed by atoms with Crippen LogP contribution in [0, 0.1) is 10.1 Å². The summed E-state index contributed by atoms with van der Waals surface area (Å²) in [6.07, 6.45) is 0. The summed E-state index contributed by atoms with van der Waals surface area (Å²) in [7, 11) is -2.49. The highest BCUT2D eigenvalue weighted by molar-refractivity contribution is 7.89. The quantitative estimate of drug-likeness (QED) is 0.314. The molecule has 0 radical (unpaired) electrons. The molecule has 13 heteroatoms. The maximum absolute atomic E-state index is 12.1. The maximum atomic E-state index is 12.1. The van der Waals surface area contributed by atoms with E-state index in [0.717, 1.165) is 17.4 Å². The van der Waals surface area contributed by atoms with Crippen LogP contribution >= 0.6 is 11.3 Å². The molecule has 0 spiro atoms. The number of carbonyl (C=O) groups is 2. The highest BCUT2D eigenvalue weighted by atomic mass is 32.2. The Morgan fingerprint density at radius 1 is 1.23 bits per heavy atom. The lowest BCUT2D eigenvalue weighted by atomic mass is 10.2. The number of non-ortho nitro benzene ring substituents is 1. The zero-order valence-corrected chi connectivity index (χ0v) is 17.0. The molecule has 1 amide bonds. The molecule has 1 aromatic heterocycles. The van der Waals surface area contributed by atoms with Crippen molar-refractivity contribution in [3.63, 3.8) is 0 Å². The fourth-order valence-corrected chi connectivity index (χ4v) is 4.05. The van der Waals surface area contributed by atoms with Crippen molar-refractivity contribution >= 4 is 54.3 Å². The standard InChI is InChI=1S/C17H14N4O7S2/c1-18-30(26,27)12-4-2-3-10(7-12)16(23)28-9-15(22)20-17-19-13-6-5-11(21(24)25)8-14(13)29-17/h2-8,18H,9H2,1H3,(H,19,20,22). The van der Waals surface area contributed by atoms with Gasteiger partial charge in [0.2, 0.25) is 10.0 Å². The number of amides is 1. The number of nitrogens with one attached hydrogen (secondary N) is 2. The Morgan fingerprint density at radius 2 is 2.00 bits per heavy atom. The van der Waals surface area contributed by atoms with E-state index in [1.165, 1.54) is 43.4 Å². The molecule has 156 valence electrons. The second-order valence-corrected chi connectivity index (χ2v) is 8.71. The summed E-state index contributed by atoms with van der Waals surface area (Å²) < 4.78 is 31.2. The third-order valence-electron chi connectivity index (χ3n) is 3.81. The summed E-state index contributed by atoms with van der Waals surface area (Å²) in [5, 5.41) is 13.5. The van der Waals surface area contributed by atoms with Crippen LogP contribution < -0.4 is 10.0 Å². The summed E-state index contributed by atoms with van der Waals surface area (Å²) in [6, 6.07) is 9.29. The van der Waals surface area contributed by atoms with E-state index in [0.29, 0.717) is 10.2 Å². The van der Waals surface area contributed by atoms with Gasteiger partial charge >= 0.3 is 5.97 Å². The number of carbonyl (C=O) groups excluding carboxylic acids is 2. The van der Waals surface area contributed by atoms with Gasteiger partial charge in [0, 0.05) is 12.1 Å². The van der Waals surface area contributed by atoms with Crippen molar-refractivity contribution in [1.82, 2.24) is 9.71 Å². The lowest BCUT2D eigenvalue weighted by Gasteiger charge is -2.07. The molecule has 0 unspecified atom stereocenters. The molecule has 11 nitrogen and oxygen atoms in total. The highest BCUT2D eigenvalue weighted by Gasteiger charge is 2.17. The molecular weight excluding hydrogens is 436 g/mol. The molecule has 0 aliphatic rings. The van der Waals surface area contributed by atoms with E-state index in [-0.39, 0.29) is 21.3 Å². The molecule has 2 N–H and O–H groups in total. The zero-order valence-electron chi connectivity index (χ0n) is 15.3. The minimum atomic E-state index is -3.73. The molecule has 0 saturated carbocycles. The molecule has 3 rings (SSSR count). The topological polar surface area (TPSA) is 158 Å². The second kappa shape index (κ2) is 8.52. The maximum Gasteiger partial charge on any atom is 0.338 e. The van der Waals surface area contributed by atoms with Crippen molar-refractivity contribution in [3.8, 4) is 0 Å².